The van der Waals surface area contributed by atoms with Gasteiger partial charge in [-0.3, -0.25) is 4.79 Å². The molecule has 0 aliphatic heterocycles. The highest BCUT2D eigenvalue weighted by molar-refractivity contribution is 7.91. The third-order valence-electron chi connectivity index (χ3n) is 3.84. The van der Waals surface area contributed by atoms with Crippen LogP contribution in [0.25, 0.3) is 0 Å². The van der Waals surface area contributed by atoms with Crippen LogP contribution in [0.1, 0.15) is 39.2 Å². The molecule has 0 bridgehead atoms. The predicted molar refractivity (Wildman–Crippen MR) is 103 cm³/mol. The van der Waals surface area contributed by atoms with Gasteiger partial charge in [0.05, 0.1) is 0 Å². The van der Waals surface area contributed by atoms with Crippen molar-refractivity contribution in [2.24, 2.45) is 0 Å². The summed E-state index contributed by atoms with van der Waals surface area (Å²) in [7, 11) is -3.37. The van der Waals surface area contributed by atoms with E-state index in [0.29, 0.717) is 16.2 Å². The Labute approximate surface area is 153 Å². The summed E-state index contributed by atoms with van der Waals surface area (Å²) in [4.78, 5) is 12.0. The van der Waals surface area contributed by atoms with Crippen LogP contribution in [0.15, 0.2) is 48.5 Å². The number of ketones is 1. The van der Waals surface area contributed by atoms with Gasteiger partial charge in [-0.25, -0.2) is 8.42 Å². The maximum atomic E-state index is 12.4. The van der Waals surface area contributed by atoms with E-state index >= 15 is 0 Å². The first-order valence-corrected chi connectivity index (χ1v) is 10.1. The minimum absolute atomic E-state index is 0.123. The van der Waals surface area contributed by atoms with Gasteiger partial charge in [0.1, 0.15) is 5.25 Å². The van der Waals surface area contributed by atoms with Gasteiger partial charge < -0.3 is 4.74 Å². The van der Waals surface area contributed by atoms with Crippen molar-refractivity contribution in [3.05, 3.63) is 70.8 Å². The van der Waals surface area contributed by atoms with E-state index in [1.165, 1.54) is 6.26 Å². The molecule has 2 rings (SSSR count). The molecule has 1 atom stereocenters. The Morgan fingerprint density at radius 3 is 2.24 bits per heavy atom. The first-order chi connectivity index (χ1) is 11.7. The van der Waals surface area contributed by atoms with Crippen molar-refractivity contribution in [1.82, 2.24) is 0 Å². The molecule has 0 radical (unpaired) electrons. The molecule has 0 N–H and O–H groups in total. The van der Waals surface area contributed by atoms with E-state index in [4.69, 9.17) is 17.0 Å². The lowest BCUT2D eigenvalue weighted by atomic mass is 9.98. The van der Waals surface area contributed by atoms with Crippen LogP contribution in [0.4, 0.5) is 0 Å². The highest BCUT2D eigenvalue weighted by Gasteiger charge is 2.26. The second kappa shape index (κ2) is 7.89. The molecular weight excluding hydrogens is 356 g/mol. The third kappa shape index (κ3) is 4.96. The minimum Gasteiger partial charge on any atom is -0.479 e. The number of benzene rings is 2. The molecule has 0 saturated carbocycles. The highest BCUT2D eigenvalue weighted by atomic mass is 32.2. The van der Waals surface area contributed by atoms with Gasteiger partial charge in [-0.1, -0.05) is 48.5 Å². The number of carbonyl (C=O) groups excluding carboxylic acids is 1. The van der Waals surface area contributed by atoms with Gasteiger partial charge in [0, 0.05) is 18.7 Å². The molecule has 0 amide bonds. The van der Waals surface area contributed by atoms with E-state index in [2.05, 4.69) is 0 Å². The van der Waals surface area contributed by atoms with E-state index in [1.807, 2.05) is 31.2 Å². The van der Waals surface area contributed by atoms with Gasteiger partial charge in [0.15, 0.2) is 27.3 Å². The van der Waals surface area contributed by atoms with Gasteiger partial charge in [-0.15, -0.1) is 0 Å². The summed E-state index contributed by atoms with van der Waals surface area (Å²) in [5.74, 6) is -0.206. The van der Waals surface area contributed by atoms with Gasteiger partial charge in [0.2, 0.25) is 0 Å². The maximum absolute atomic E-state index is 12.4. The Morgan fingerprint density at radius 2 is 1.72 bits per heavy atom. The summed E-state index contributed by atoms with van der Waals surface area (Å²) in [5, 5.41) is -0.459. The van der Waals surface area contributed by atoms with Crippen LogP contribution in [0.2, 0.25) is 0 Å². The van der Waals surface area contributed by atoms with E-state index in [0.717, 1.165) is 11.1 Å². The van der Waals surface area contributed by atoms with Crippen LogP contribution in [-0.4, -0.2) is 32.1 Å². The number of carbonyl (C=O) groups is 1. The van der Waals surface area contributed by atoms with Crippen LogP contribution in [-0.2, 0) is 14.6 Å². The van der Waals surface area contributed by atoms with Crippen LogP contribution >= 0.6 is 12.2 Å². The molecule has 0 unspecified atom stereocenters. The van der Waals surface area contributed by atoms with Crippen molar-refractivity contribution >= 4 is 32.9 Å². The van der Waals surface area contributed by atoms with Crippen molar-refractivity contribution in [2.75, 3.05) is 12.9 Å². The molecule has 25 heavy (non-hydrogen) atoms. The molecular formula is C19H20O4S2. The molecule has 6 heteroatoms. The number of sulfone groups is 1. The zero-order valence-corrected chi connectivity index (χ0v) is 16.0. The number of ether oxygens (including phenoxy) is 1. The number of hydrogen-bond acceptors (Lipinski definition) is 5. The van der Waals surface area contributed by atoms with Crippen LogP contribution in [0.5, 0.6) is 0 Å². The van der Waals surface area contributed by atoms with Crippen molar-refractivity contribution in [2.45, 2.75) is 19.1 Å². The largest absolute Gasteiger partial charge is 0.479 e. The van der Waals surface area contributed by atoms with Gasteiger partial charge in [-0.05, 0) is 35.8 Å². The number of hydrogen-bond donors (Lipinski definition) is 0. The molecule has 0 heterocycles. The van der Waals surface area contributed by atoms with Crippen LogP contribution in [0.3, 0.4) is 0 Å². The van der Waals surface area contributed by atoms with E-state index in [-0.39, 0.29) is 12.4 Å². The second-order valence-electron chi connectivity index (χ2n) is 5.89. The second-order valence-corrected chi connectivity index (χ2v) is 8.60. The maximum Gasteiger partial charge on any atom is 0.200 e. The molecule has 2 aromatic rings. The summed E-state index contributed by atoms with van der Waals surface area (Å²) in [5.41, 5.74) is 2.73. The van der Waals surface area contributed by atoms with E-state index < -0.39 is 15.1 Å². The highest BCUT2D eigenvalue weighted by Crippen LogP contribution is 2.32. The lowest BCUT2D eigenvalue weighted by molar-refractivity contribution is 0.0915. The third-order valence-corrected chi connectivity index (χ3v) is 5.34. The molecule has 0 fully saturated rings. The van der Waals surface area contributed by atoms with Crippen molar-refractivity contribution in [3.63, 3.8) is 0 Å². The Hall–Kier alpha value is -2.05. The Balaban J connectivity index is 2.36. The summed E-state index contributed by atoms with van der Waals surface area (Å²) in [6, 6.07) is 14.0. The SMILES string of the molecule is CC(=S)OCC(=O)c1ccc([C@@H](c2ccccc2C)S(C)(=O)=O)cc1. The van der Waals surface area contributed by atoms with Crippen molar-refractivity contribution in [1.29, 1.82) is 0 Å². The fraction of sp³-hybridized carbons (Fsp3) is 0.263. The molecule has 0 spiro atoms. The van der Waals surface area contributed by atoms with E-state index in [1.54, 1.807) is 31.2 Å². The molecule has 0 aromatic heterocycles. The standard InChI is InChI=1S/C19H20O4S2/c1-13-6-4-5-7-17(13)19(25(3,21)22)16-10-8-15(9-11-16)18(20)12-23-14(2)24/h4-11,19H,12H2,1-3H3/t19-/m0/s1. The Kier molecular flexibility index (Phi) is 6.08. The Morgan fingerprint density at radius 1 is 1.12 bits per heavy atom. The molecule has 2 aromatic carbocycles. The first kappa shape index (κ1) is 19.3. The molecule has 0 aliphatic rings. The molecule has 0 saturated heterocycles. The summed E-state index contributed by atoms with van der Waals surface area (Å²) < 4.78 is 29.8. The zero-order valence-electron chi connectivity index (χ0n) is 14.4. The van der Waals surface area contributed by atoms with Crippen LogP contribution in [0, 0.1) is 6.92 Å². The average molecular weight is 376 g/mol. The normalized spacial score (nSPS) is 12.4. The topological polar surface area (TPSA) is 60.4 Å². The Bertz CT molecular complexity index is 884. The number of Topliss-reactive ketones (excluding diaryl/α,β-unsaturated/α-hetero) is 1. The van der Waals surface area contributed by atoms with Crippen molar-refractivity contribution in [3.8, 4) is 0 Å². The monoisotopic (exact) mass is 376 g/mol. The summed E-state index contributed by atoms with van der Waals surface area (Å²) in [6.45, 7) is 3.36. The fourth-order valence-electron chi connectivity index (χ4n) is 2.63. The van der Waals surface area contributed by atoms with Crippen LogP contribution < -0.4 is 0 Å². The molecule has 0 aliphatic carbocycles. The zero-order chi connectivity index (χ0) is 18.6. The molecule has 132 valence electrons. The number of rotatable bonds is 6. The quantitative estimate of drug-likeness (QED) is 0.569. The average Bonchev–Trinajstić information content (AvgIpc) is 2.54. The number of aryl methyl sites for hydroxylation is 1. The lowest BCUT2D eigenvalue weighted by Gasteiger charge is -2.18. The summed E-state index contributed by atoms with van der Waals surface area (Å²) >= 11 is 4.78. The van der Waals surface area contributed by atoms with Gasteiger partial charge in [-0.2, -0.15) is 0 Å². The summed E-state index contributed by atoms with van der Waals surface area (Å²) in [6.07, 6.45) is 1.22. The van der Waals surface area contributed by atoms with Gasteiger partial charge >= 0.3 is 0 Å². The number of thiocarbonyl (C=S) groups is 1. The predicted octanol–water partition coefficient (Wildman–Crippen LogP) is 3.68. The molecule has 4 nitrogen and oxygen atoms in total. The van der Waals surface area contributed by atoms with Crippen molar-refractivity contribution < 1.29 is 17.9 Å². The van der Waals surface area contributed by atoms with E-state index in [9.17, 15) is 13.2 Å². The lowest BCUT2D eigenvalue weighted by Crippen LogP contribution is -2.15. The van der Waals surface area contributed by atoms with Gasteiger partial charge in [0.25, 0.3) is 0 Å². The minimum atomic E-state index is -3.37. The fourth-order valence-corrected chi connectivity index (χ4v) is 4.07. The first-order valence-electron chi connectivity index (χ1n) is 7.71. The smallest absolute Gasteiger partial charge is 0.200 e.